The number of methoxy groups -OCH3 is 1. The SMILES string of the molecule is CCOP(=O)(OCC)C1=CC(P(=O)(OCC)OCC)C(C(=O)OC)=CN1Cc1ccccc1. The molecule has 1 aromatic carbocycles. The fourth-order valence-corrected chi connectivity index (χ4v) is 7.28. The number of carbonyl (C=O) groups excluding carboxylic acids is 1. The summed E-state index contributed by atoms with van der Waals surface area (Å²) < 4.78 is 54.7. The summed E-state index contributed by atoms with van der Waals surface area (Å²) >= 11 is 0. The predicted octanol–water partition coefficient (Wildman–Crippen LogP) is 5.30. The minimum atomic E-state index is -3.88. The molecule has 1 unspecified atom stereocenters. The number of hydrogen-bond donors (Lipinski definition) is 0. The highest BCUT2D eigenvalue weighted by Gasteiger charge is 2.46. The first-order chi connectivity index (χ1) is 15.8. The molecule has 11 heteroatoms. The molecular weight excluding hydrogens is 468 g/mol. The first kappa shape index (κ1) is 27.5. The largest absolute Gasteiger partial charge is 0.466 e. The zero-order valence-corrected chi connectivity index (χ0v) is 21.6. The molecule has 9 nitrogen and oxygen atoms in total. The van der Waals surface area contributed by atoms with Crippen LogP contribution < -0.4 is 0 Å². The third-order valence-electron chi connectivity index (χ3n) is 4.67. The van der Waals surface area contributed by atoms with Crippen molar-refractivity contribution in [2.45, 2.75) is 39.9 Å². The van der Waals surface area contributed by atoms with Crippen LogP contribution in [0.5, 0.6) is 0 Å². The normalized spacial score (nSPS) is 16.9. The highest BCUT2D eigenvalue weighted by molar-refractivity contribution is 7.58. The Morgan fingerprint density at radius 2 is 1.45 bits per heavy atom. The van der Waals surface area contributed by atoms with Gasteiger partial charge in [0.15, 0.2) is 0 Å². The van der Waals surface area contributed by atoms with E-state index in [-0.39, 0.29) is 44.0 Å². The van der Waals surface area contributed by atoms with Crippen molar-refractivity contribution >= 4 is 21.2 Å². The molecule has 0 amide bonds. The average Bonchev–Trinajstić information content (AvgIpc) is 2.79. The molecule has 0 saturated carbocycles. The molecule has 1 atom stereocenters. The van der Waals surface area contributed by atoms with Crippen molar-refractivity contribution < 1.29 is 36.8 Å². The van der Waals surface area contributed by atoms with Gasteiger partial charge in [0, 0.05) is 12.7 Å². The molecule has 0 radical (unpaired) electrons. The molecule has 2 rings (SSSR count). The Morgan fingerprint density at radius 1 is 0.909 bits per heavy atom. The van der Waals surface area contributed by atoms with Gasteiger partial charge < -0.3 is 27.7 Å². The van der Waals surface area contributed by atoms with Gasteiger partial charge in [0.2, 0.25) is 0 Å². The molecule has 1 aromatic rings. The van der Waals surface area contributed by atoms with Crippen molar-refractivity contribution in [3.8, 4) is 0 Å². The van der Waals surface area contributed by atoms with Crippen LogP contribution in [0.1, 0.15) is 33.3 Å². The van der Waals surface area contributed by atoms with Gasteiger partial charge in [0.1, 0.15) is 11.1 Å². The van der Waals surface area contributed by atoms with Crippen molar-refractivity contribution in [1.82, 2.24) is 4.90 Å². The van der Waals surface area contributed by atoms with Crippen LogP contribution in [0.25, 0.3) is 0 Å². The van der Waals surface area contributed by atoms with Gasteiger partial charge in [-0.2, -0.15) is 0 Å². The van der Waals surface area contributed by atoms with Gasteiger partial charge in [-0.25, -0.2) is 4.79 Å². The summed E-state index contributed by atoms with van der Waals surface area (Å²) in [6.45, 7) is 7.45. The van der Waals surface area contributed by atoms with Crippen molar-refractivity contribution in [2.24, 2.45) is 0 Å². The molecule has 0 aromatic heterocycles. The van der Waals surface area contributed by atoms with Crippen LogP contribution in [0, 0.1) is 0 Å². The highest BCUT2D eigenvalue weighted by atomic mass is 31.2. The van der Waals surface area contributed by atoms with Gasteiger partial charge >= 0.3 is 21.2 Å². The summed E-state index contributed by atoms with van der Waals surface area (Å²) in [5.41, 5.74) is -0.0462. The highest BCUT2D eigenvalue weighted by Crippen LogP contribution is 2.63. The van der Waals surface area contributed by atoms with Crippen LogP contribution in [0.15, 0.2) is 53.6 Å². The lowest BCUT2D eigenvalue weighted by Gasteiger charge is -2.36. The zero-order valence-electron chi connectivity index (χ0n) is 19.8. The minimum Gasteiger partial charge on any atom is -0.466 e. The van der Waals surface area contributed by atoms with Crippen LogP contribution in [-0.2, 0) is 43.3 Å². The molecule has 0 spiro atoms. The number of esters is 1. The van der Waals surface area contributed by atoms with Crippen LogP contribution in [0.4, 0.5) is 0 Å². The standard InChI is InChI=1S/C22H33NO8P2/c1-6-28-32(25,29-7-2)20-15-21(33(26,30-8-3)31-9-4)23(17-19(20)22(24)27-5)16-18-13-11-10-12-14-18/h10-15,17,20H,6-9,16H2,1-5H3. The Hall–Kier alpha value is -1.73. The summed E-state index contributed by atoms with van der Waals surface area (Å²) in [5.74, 6) is -0.698. The first-order valence-corrected chi connectivity index (χ1v) is 14.0. The summed E-state index contributed by atoms with van der Waals surface area (Å²) in [4.78, 5) is 14.3. The fraction of sp³-hybridized carbons (Fsp3) is 0.500. The number of allylic oxidation sites excluding steroid dienone is 1. The van der Waals surface area contributed by atoms with Gasteiger partial charge in [-0.1, -0.05) is 30.3 Å². The van der Waals surface area contributed by atoms with E-state index in [2.05, 4.69) is 0 Å². The van der Waals surface area contributed by atoms with Crippen molar-refractivity contribution in [3.63, 3.8) is 0 Å². The van der Waals surface area contributed by atoms with E-state index < -0.39 is 26.8 Å². The van der Waals surface area contributed by atoms with E-state index in [4.69, 9.17) is 22.8 Å². The number of benzene rings is 1. The second-order valence-corrected chi connectivity index (χ2v) is 11.0. The van der Waals surface area contributed by atoms with Gasteiger partial charge in [0.05, 0.1) is 39.1 Å². The smallest absolute Gasteiger partial charge is 0.377 e. The molecule has 0 bridgehead atoms. The van der Waals surface area contributed by atoms with Crippen LogP contribution in [-0.4, -0.2) is 50.1 Å². The summed E-state index contributed by atoms with van der Waals surface area (Å²) in [5, 5.41) is 0. The number of carbonyl (C=O) groups is 1. The van der Waals surface area contributed by atoms with Gasteiger partial charge in [-0.15, -0.1) is 0 Å². The lowest BCUT2D eigenvalue weighted by molar-refractivity contribution is -0.136. The molecule has 184 valence electrons. The average molecular weight is 501 g/mol. The number of hydrogen-bond acceptors (Lipinski definition) is 9. The summed E-state index contributed by atoms with van der Waals surface area (Å²) in [7, 11) is -6.48. The van der Waals surface area contributed by atoms with Crippen molar-refractivity contribution in [2.75, 3.05) is 33.5 Å². The maximum Gasteiger partial charge on any atom is 0.377 e. The molecule has 1 aliphatic rings. The Bertz CT molecular complexity index is 927. The quantitative estimate of drug-likeness (QED) is 0.263. The molecule has 0 fully saturated rings. The second-order valence-electron chi connectivity index (χ2n) is 6.87. The topological polar surface area (TPSA) is 101 Å². The van der Waals surface area contributed by atoms with E-state index in [0.29, 0.717) is 0 Å². The third-order valence-corrected chi connectivity index (χ3v) is 9.18. The Kier molecular flexibility index (Phi) is 10.6. The fourth-order valence-electron chi connectivity index (χ4n) is 3.41. The molecule has 0 saturated heterocycles. The van der Waals surface area contributed by atoms with Crippen LogP contribution in [0.2, 0.25) is 0 Å². The Labute approximate surface area is 195 Å². The molecule has 0 N–H and O–H groups in total. The van der Waals surface area contributed by atoms with Gasteiger partial charge in [-0.3, -0.25) is 9.13 Å². The first-order valence-electron chi connectivity index (χ1n) is 10.9. The predicted molar refractivity (Wildman–Crippen MR) is 126 cm³/mol. The van der Waals surface area contributed by atoms with Gasteiger partial charge in [0.25, 0.3) is 0 Å². The molecule has 1 aliphatic heterocycles. The van der Waals surface area contributed by atoms with Gasteiger partial charge in [-0.05, 0) is 39.3 Å². The van der Waals surface area contributed by atoms with Crippen molar-refractivity contribution in [1.29, 1.82) is 0 Å². The molecular formula is C22H33NO8P2. The molecule has 33 heavy (non-hydrogen) atoms. The van der Waals surface area contributed by atoms with E-state index in [1.54, 1.807) is 32.6 Å². The number of ether oxygens (including phenoxy) is 1. The number of rotatable bonds is 13. The lowest BCUT2D eigenvalue weighted by Crippen LogP contribution is -2.31. The lowest BCUT2D eigenvalue weighted by atomic mass is 10.1. The van der Waals surface area contributed by atoms with Crippen molar-refractivity contribution in [3.05, 3.63) is 59.2 Å². The molecule has 1 heterocycles. The van der Waals surface area contributed by atoms with E-state index in [1.807, 2.05) is 30.3 Å². The minimum absolute atomic E-state index is 0.0574. The summed E-state index contributed by atoms with van der Waals surface area (Å²) in [6, 6.07) is 9.42. The number of nitrogens with zero attached hydrogens (tertiary/aromatic N) is 1. The van der Waals surface area contributed by atoms with E-state index >= 15 is 0 Å². The van der Waals surface area contributed by atoms with Crippen LogP contribution >= 0.6 is 15.2 Å². The Balaban J connectivity index is 2.71. The maximum atomic E-state index is 13.8. The van der Waals surface area contributed by atoms with E-state index in [9.17, 15) is 13.9 Å². The molecule has 0 aliphatic carbocycles. The third kappa shape index (κ3) is 6.66. The Morgan fingerprint density at radius 3 is 1.94 bits per heavy atom. The zero-order chi connectivity index (χ0) is 24.5. The second kappa shape index (κ2) is 12.7. The van der Waals surface area contributed by atoms with Crippen LogP contribution in [0.3, 0.4) is 0 Å². The maximum absolute atomic E-state index is 13.8. The van der Waals surface area contributed by atoms with E-state index in [1.165, 1.54) is 19.4 Å². The summed E-state index contributed by atoms with van der Waals surface area (Å²) in [6.07, 6.45) is 2.90. The van der Waals surface area contributed by atoms with E-state index in [0.717, 1.165) is 5.56 Å². The monoisotopic (exact) mass is 501 g/mol.